The molecule has 0 bridgehead atoms. The van der Waals surface area contributed by atoms with Gasteiger partial charge in [-0.05, 0) is 26.3 Å². The molecule has 0 aromatic rings. The molecule has 0 amide bonds. The van der Waals surface area contributed by atoms with Crippen LogP contribution in [0.3, 0.4) is 0 Å². The SMILES string of the molecule is CCOC1CCCN(C(COC)C(=O)O)C1. The molecular formula is C11H21NO4. The first-order valence-electron chi connectivity index (χ1n) is 5.76. The molecule has 1 heterocycles. The number of hydrogen-bond donors (Lipinski definition) is 1. The Bertz CT molecular complexity index is 220. The highest BCUT2D eigenvalue weighted by atomic mass is 16.5. The summed E-state index contributed by atoms with van der Waals surface area (Å²) < 4.78 is 10.5. The highest BCUT2D eigenvalue weighted by molar-refractivity contribution is 5.73. The van der Waals surface area contributed by atoms with Crippen LogP contribution in [0.25, 0.3) is 0 Å². The Morgan fingerprint density at radius 1 is 1.62 bits per heavy atom. The fourth-order valence-corrected chi connectivity index (χ4v) is 2.11. The van der Waals surface area contributed by atoms with Gasteiger partial charge >= 0.3 is 5.97 Å². The minimum atomic E-state index is -0.820. The number of hydrogen-bond acceptors (Lipinski definition) is 4. The van der Waals surface area contributed by atoms with Gasteiger partial charge in [-0.1, -0.05) is 0 Å². The standard InChI is InChI=1S/C11H21NO4/c1-3-16-9-5-4-6-12(7-9)10(8-15-2)11(13)14/h9-10H,3-8H2,1-2H3,(H,13,14). The summed E-state index contributed by atoms with van der Waals surface area (Å²) in [6.07, 6.45) is 2.17. The summed E-state index contributed by atoms with van der Waals surface area (Å²) in [5, 5.41) is 9.11. The van der Waals surface area contributed by atoms with Crippen LogP contribution < -0.4 is 0 Å². The van der Waals surface area contributed by atoms with Gasteiger partial charge in [0.05, 0.1) is 12.7 Å². The summed E-state index contributed by atoms with van der Waals surface area (Å²) in [6, 6.07) is -0.548. The maximum absolute atomic E-state index is 11.1. The second-order valence-electron chi connectivity index (χ2n) is 4.02. The van der Waals surface area contributed by atoms with Gasteiger partial charge in [0.1, 0.15) is 6.04 Å². The van der Waals surface area contributed by atoms with Crippen LogP contribution in [0.1, 0.15) is 19.8 Å². The summed E-state index contributed by atoms with van der Waals surface area (Å²) in [6.45, 7) is 4.37. The van der Waals surface area contributed by atoms with Crippen LogP contribution >= 0.6 is 0 Å². The highest BCUT2D eigenvalue weighted by Gasteiger charge is 2.30. The van der Waals surface area contributed by atoms with Gasteiger partial charge in [0.25, 0.3) is 0 Å². The van der Waals surface area contributed by atoms with Crippen LogP contribution in [0.4, 0.5) is 0 Å². The van der Waals surface area contributed by atoms with Crippen LogP contribution in [-0.4, -0.2) is 61.5 Å². The zero-order valence-electron chi connectivity index (χ0n) is 10.0. The summed E-state index contributed by atoms with van der Waals surface area (Å²) in [7, 11) is 1.53. The average molecular weight is 231 g/mol. The number of likely N-dealkylation sites (tertiary alicyclic amines) is 1. The number of aliphatic carboxylic acids is 1. The van der Waals surface area contributed by atoms with Crippen LogP contribution in [0.15, 0.2) is 0 Å². The molecule has 1 aliphatic rings. The van der Waals surface area contributed by atoms with E-state index < -0.39 is 12.0 Å². The molecule has 94 valence electrons. The molecule has 0 aliphatic carbocycles. The zero-order valence-corrected chi connectivity index (χ0v) is 10.0. The molecule has 2 unspecified atom stereocenters. The molecule has 5 nitrogen and oxygen atoms in total. The van der Waals surface area contributed by atoms with E-state index >= 15 is 0 Å². The number of methoxy groups -OCH3 is 1. The maximum Gasteiger partial charge on any atom is 0.323 e. The van der Waals surface area contributed by atoms with Crippen LogP contribution in [0.2, 0.25) is 0 Å². The third-order valence-electron chi connectivity index (χ3n) is 2.86. The molecule has 1 N–H and O–H groups in total. The van der Waals surface area contributed by atoms with Crippen molar-refractivity contribution in [2.45, 2.75) is 31.9 Å². The zero-order chi connectivity index (χ0) is 12.0. The van der Waals surface area contributed by atoms with E-state index in [9.17, 15) is 4.79 Å². The summed E-state index contributed by atoms with van der Waals surface area (Å²) >= 11 is 0. The van der Waals surface area contributed by atoms with Crippen molar-refractivity contribution in [1.29, 1.82) is 0 Å². The Labute approximate surface area is 96.3 Å². The number of carboxylic acid groups (broad SMARTS) is 1. The van der Waals surface area contributed by atoms with Crippen molar-refractivity contribution in [1.82, 2.24) is 4.90 Å². The number of ether oxygens (including phenoxy) is 2. The topological polar surface area (TPSA) is 59.0 Å². The van der Waals surface area contributed by atoms with Crippen molar-refractivity contribution in [3.8, 4) is 0 Å². The molecule has 0 aromatic heterocycles. The smallest absolute Gasteiger partial charge is 0.323 e. The Balaban J connectivity index is 2.52. The van der Waals surface area contributed by atoms with E-state index in [1.165, 1.54) is 7.11 Å². The lowest BCUT2D eigenvalue weighted by atomic mass is 10.1. The first-order chi connectivity index (χ1) is 7.69. The number of carboxylic acids is 1. The predicted octanol–water partition coefficient (Wildman–Crippen LogP) is 0.587. The molecular weight excluding hydrogens is 210 g/mol. The van der Waals surface area contributed by atoms with E-state index in [2.05, 4.69) is 0 Å². The van der Waals surface area contributed by atoms with Gasteiger partial charge < -0.3 is 14.6 Å². The monoisotopic (exact) mass is 231 g/mol. The largest absolute Gasteiger partial charge is 0.480 e. The quantitative estimate of drug-likeness (QED) is 0.725. The van der Waals surface area contributed by atoms with Gasteiger partial charge in [0, 0.05) is 20.3 Å². The minimum absolute atomic E-state index is 0.164. The molecule has 1 saturated heterocycles. The molecule has 0 aromatic carbocycles. The van der Waals surface area contributed by atoms with E-state index in [1.54, 1.807) is 0 Å². The van der Waals surface area contributed by atoms with Crippen molar-refractivity contribution in [2.24, 2.45) is 0 Å². The number of rotatable bonds is 6. The van der Waals surface area contributed by atoms with Gasteiger partial charge in [-0.3, -0.25) is 9.69 Å². The van der Waals surface area contributed by atoms with E-state index in [0.717, 1.165) is 19.4 Å². The van der Waals surface area contributed by atoms with Gasteiger partial charge in [-0.15, -0.1) is 0 Å². The van der Waals surface area contributed by atoms with E-state index in [0.29, 0.717) is 13.2 Å². The Kier molecular flexibility index (Phi) is 5.73. The normalized spacial score (nSPS) is 24.2. The van der Waals surface area contributed by atoms with Crippen LogP contribution in [-0.2, 0) is 14.3 Å². The minimum Gasteiger partial charge on any atom is -0.480 e. The first-order valence-corrected chi connectivity index (χ1v) is 5.76. The molecule has 1 fully saturated rings. The summed E-state index contributed by atoms with van der Waals surface area (Å²) in [5.41, 5.74) is 0. The molecule has 0 spiro atoms. The maximum atomic E-state index is 11.1. The lowest BCUT2D eigenvalue weighted by molar-refractivity contribution is -0.147. The number of nitrogens with zero attached hydrogens (tertiary/aromatic N) is 1. The highest BCUT2D eigenvalue weighted by Crippen LogP contribution is 2.16. The van der Waals surface area contributed by atoms with Gasteiger partial charge in [0.15, 0.2) is 0 Å². The van der Waals surface area contributed by atoms with Crippen molar-refractivity contribution < 1.29 is 19.4 Å². The molecule has 2 atom stereocenters. The average Bonchev–Trinajstić information content (AvgIpc) is 2.26. The second kappa shape index (κ2) is 6.83. The van der Waals surface area contributed by atoms with E-state index in [4.69, 9.17) is 14.6 Å². The summed E-state index contributed by atoms with van der Waals surface area (Å²) in [5.74, 6) is -0.820. The fourth-order valence-electron chi connectivity index (χ4n) is 2.11. The van der Waals surface area contributed by atoms with E-state index in [1.807, 2.05) is 11.8 Å². The van der Waals surface area contributed by atoms with E-state index in [-0.39, 0.29) is 12.7 Å². The lowest BCUT2D eigenvalue weighted by Crippen LogP contribution is -2.50. The predicted molar refractivity (Wildman–Crippen MR) is 59.5 cm³/mol. The summed E-state index contributed by atoms with van der Waals surface area (Å²) in [4.78, 5) is 13.0. The Morgan fingerprint density at radius 3 is 2.94 bits per heavy atom. The second-order valence-corrected chi connectivity index (χ2v) is 4.02. The van der Waals surface area contributed by atoms with Crippen molar-refractivity contribution in [3.05, 3.63) is 0 Å². The number of piperidine rings is 1. The third-order valence-corrected chi connectivity index (χ3v) is 2.86. The molecule has 5 heteroatoms. The number of carbonyl (C=O) groups is 1. The van der Waals surface area contributed by atoms with Crippen molar-refractivity contribution >= 4 is 5.97 Å². The first kappa shape index (κ1) is 13.4. The van der Waals surface area contributed by atoms with Gasteiger partial charge in [-0.25, -0.2) is 0 Å². The Morgan fingerprint density at radius 2 is 2.38 bits per heavy atom. The molecule has 0 saturated carbocycles. The van der Waals surface area contributed by atoms with Crippen LogP contribution in [0.5, 0.6) is 0 Å². The third kappa shape index (κ3) is 3.73. The fraction of sp³-hybridized carbons (Fsp3) is 0.909. The molecule has 1 aliphatic heterocycles. The molecule has 16 heavy (non-hydrogen) atoms. The molecule has 1 rings (SSSR count). The lowest BCUT2D eigenvalue weighted by Gasteiger charge is -2.35. The van der Waals surface area contributed by atoms with Crippen molar-refractivity contribution in [3.63, 3.8) is 0 Å². The van der Waals surface area contributed by atoms with Gasteiger partial charge in [-0.2, -0.15) is 0 Å². The van der Waals surface area contributed by atoms with Crippen molar-refractivity contribution in [2.75, 3.05) is 33.4 Å². The molecule has 0 radical (unpaired) electrons. The van der Waals surface area contributed by atoms with Gasteiger partial charge in [0.2, 0.25) is 0 Å². The Hall–Kier alpha value is -0.650. The van der Waals surface area contributed by atoms with Crippen LogP contribution in [0, 0.1) is 0 Å².